The van der Waals surface area contributed by atoms with Gasteiger partial charge >= 0.3 is 0 Å². The van der Waals surface area contributed by atoms with Gasteiger partial charge in [0.2, 0.25) is 0 Å². The van der Waals surface area contributed by atoms with E-state index in [-0.39, 0.29) is 5.78 Å². The van der Waals surface area contributed by atoms with Gasteiger partial charge in [-0.2, -0.15) is 0 Å². The summed E-state index contributed by atoms with van der Waals surface area (Å²) >= 11 is 2.82. The third-order valence-corrected chi connectivity index (χ3v) is 1.37. The minimum absolute atomic E-state index is 0.157. The third kappa shape index (κ3) is 2.51. The predicted octanol–water partition coefficient (Wildman–Crippen LogP) is 0.538. The molecule has 3 heteroatoms. The van der Waals surface area contributed by atoms with E-state index in [2.05, 4.69) is 15.9 Å². The van der Waals surface area contributed by atoms with Gasteiger partial charge in [0.1, 0.15) is 11.1 Å². The predicted molar refractivity (Wildman–Crippen MR) is 29.5 cm³/mol. The van der Waals surface area contributed by atoms with Gasteiger partial charge in [0.15, 0.2) is 5.78 Å². The van der Waals surface area contributed by atoms with Gasteiger partial charge in [-0.1, -0.05) is 15.9 Å². The van der Waals surface area contributed by atoms with Gasteiger partial charge in [-0.15, -0.1) is 0 Å². The molecule has 0 heterocycles. The van der Waals surface area contributed by atoms with E-state index >= 15 is 0 Å². The quantitative estimate of drug-likeness (QED) is 0.340. The maximum atomic E-state index is 10.1. The summed E-state index contributed by atoms with van der Waals surface area (Å²) in [7, 11) is 0. The van der Waals surface area contributed by atoms with Crippen LogP contribution in [0.2, 0.25) is 0 Å². The Hall–Kier alpha value is -0.180. The van der Waals surface area contributed by atoms with E-state index < -0.39 is 4.83 Å². The number of aldehydes is 1. The second-order valence-electron chi connectivity index (χ2n) is 1.15. The molecule has 0 fully saturated rings. The minimum Gasteiger partial charge on any atom is -0.302 e. The molecule has 0 saturated carbocycles. The van der Waals surface area contributed by atoms with Crippen LogP contribution in [-0.4, -0.2) is 16.9 Å². The van der Waals surface area contributed by atoms with Crippen molar-refractivity contribution in [1.29, 1.82) is 0 Å². The zero-order valence-electron chi connectivity index (χ0n) is 3.85. The topological polar surface area (TPSA) is 34.1 Å². The van der Waals surface area contributed by atoms with E-state index in [9.17, 15) is 9.59 Å². The number of Topliss-reactive ketones (excluding diaryl/α,β-unsaturated/α-hetero) is 1. The van der Waals surface area contributed by atoms with Crippen LogP contribution < -0.4 is 0 Å². The van der Waals surface area contributed by atoms with Crippen LogP contribution in [0.5, 0.6) is 0 Å². The van der Waals surface area contributed by atoms with Crippen molar-refractivity contribution in [2.45, 2.75) is 11.8 Å². The van der Waals surface area contributed by atoms with Crippen molar-refractivity contribution in [3.8, 4) is 0 Å². The summed E-state index contributed by atoms with van der Waals surface area (Å²) in [6, 6.07) is 0. The third-order valence-electron chi connectivity index (χ3n) is 0.508. The first-order chi connectivity index (χ1) is 3.18. The SMILES string of the molecule is CC(=O)C(Br)C=O. The van der Waals surface area contributed by atoms with E-state index in [0.29, 0.717) is 6.29 Å². The van der Waals surface area contributed by atoms with Crippen LogP contribution >= 0.6 is 15.9 Å². The van der Waals surface area contributed by atoms with E-state index in [0.717, 1.165) is 0 Å². The molecule has 2 nitrogen and oxygen atoms in total. The van der Waals surface area contributed by atoms with Gasteiger partial charge in [-0.25, -0.2) is 0 Å². The van der Waals surface area contributed by atoms with Crippen molar-refractivity contribution in [2.75, 3.05) is 0 Å². The molecule has 0 aliphatic carbocycles. The van der Waals surface area contributed by atoms with Crippen molar-refractivity contribution < 1.29 is 9.59 Å². The summed E-state index contributed by atoms with van der Waals surface area (Å²) in [5.41, 5.74) is 0. The second-order valence-corrected chi connectivity index (χ2v) is 2.14. The van der Waals surface area contributed by atoms with E-state index in [1.54, 1.807) is 0 Å². The van der Waals surface area contributed by atoms with Crippen LogP contribution in [0.3, 0.4) is 0 Å². The summed E-state index contributed by atoms with van der Waals surface area (Å²) in [6.07, 6.45) is 0.558. The number of carbonyl (C=O) groups excluding carboxylic acids is 2. The molecule has 0 aliphatic rings. The van der Waals surface area contributed by atoms with Crippen LogP contribution in [0.15, 0.2) is 0 Å². The molecule has 40 valence electrons. The smallest absolute Gasteiger partial charge is 0.150 e. The zero-order chi connectivity index (χ0) is 5.86. The fourth-order valence-corrected chi connectivity index (χ4v) is 0.0958. The highest BCUT2D eigenvalue weighted by atomic mass is 79.9. The van der Waals surface area contributed by atoms with Gasteiger partial charge in [0.05, 0.1) is 0 Å². The highest BCUT2D eigenvalue weighted by molar-refractivity contribution is 9.10. The molecule has 7 heavy (non-hydrogen) atoms. The molecule has 0 aromatic heterocycles. The first-order valence-corrected chi connectivity index (χ1v) is 2.70. The normalized spacial score (nSPS) is 12.9. The zero-order valence-corrected chi connectivity index (χ0v) is 5.44. The fourth-order valence-electron chi connectivity index (χ4n) is 0.0958. The van der Waals surface area contributed by atoms with Crippen LogP contribution in [0.4, 0.5) is 0 Å². The highest BCUT2D eigenvalue weighted by Gasteiger charge is 2.04. The molecule has 0 spiro atoms. The van der Waals surface area contributed by atoms with Crippen molar-refractivity contribution >= 4 is 28.0 Å². The van der Waals surface area contributed by atoms with Crippen LogP contribution in [0.1, 0.15) is 6.92 Å². The molecule has 0 saturated heterocycles. The lowest BCUT2D eigenvalue weighted by atomic mass is 10.3. The molecule has 0 amide bonds. The second kappa shape index (κ2) is 2.91. The number of ketones is 1. The molecule has 0 aliphatic heterocycles. The Labute approximate surface area is 50.0 Å². The average molecular weight is 165 g/mol. The summed E-state index contributed by atoms with van der Waals surface area (Å²) in [4.78, 5) is 19.2. The molecule has 0 N–H and O–H groups in total. The van der Waals surface area contributed by atoms with Gasteiger partial charge in [-0.05, 0) is 6.92 Å². The molecular formula is C4H5BrO2. The van der Waals surface area contributed by atoms with Crippen LogP contribution in [-0.2, 0) is 9.59 Å². The molecule has 0 rings (SSSR count). The summed E-state index contributed by atoms with van der Waals surface area (Å²) < 4.78 is 0. The van der Waals surface area contributed by atoms with Crippen molar-refractivity contribution in [3.05, 3.63) is 0 Å². The average Bonchev–Trinajstić information content (AvgIpc) is 1.65. The first-order valence-electron chi connectivity index (χ1n) is 1.78. The molecular weight excluding hydrogens is 160 g/mol. The first kappa shape index (κ1) is 6.82. The largest absolute Gasteiger partial charge is 0.302 e. The fraction of sp³-hybridized carbons (Fsp3) is 0.500. The van der Waals surface area contributed by atoms with Gasteiger partial charge < -0.3 is 4.79 Å². The van der Waals surface area contributed by atoms with Crippen molar-refractivity contribution in [2.24, 2.45) is 0 Å². The summed E-state index contributed by atoms with van der Waals surface area (Å²) in [6.45, 7) is 1.35. The maximum absolute atomic E-state index is 10.1. The van der Waals surface area contributed by atoms with Crippen molar-refractivity contribution in [1.82, 2.24) is 0 Å². The molecule has 0 bridgehead atoms. The van der Waals surface area contributed by atoms with Gasteiger partial charge in [0, 0.05) is 0 Å². The lowest BCUT2D eigenvalue weighted by molar-refractivity contribution is -0.119. The van der Waals surface area contributed by atoms with Crippen molar-refractivity contribution in [3.63, 3.8) is 0 Å². The lowest BCUT2D eigenvalue weighted by Crippen LogP contribution is -2.09. The molecule has 0 aromatic rings. The molecule has 0 radical (unpaired) electrons. The highest BCUT2D eigenvalue weighted by Crippen LogP contribution is 1.93. The summed E-state index contributed by atoms with van der Waals surface area (Å²) in [5.74, 6) is -0.157. The number of alkyl halides is 1. The standard InChI is InChI=1S/C4H5BrO2/c1-3(7)4(5)2-6/h2,4H,1H3. The monoisotopic (exact) mass is 164 g/mol. The maximum Gasteiger partial charge on any atom is 0.150 e. The van der Waals surface area contributed by atoms with E-state index in [1.807, 2.05) is 0 Å². The Morgan fingerprint density at radius 2 is 2.29 bits per heavy atom. The molecule has 0 aromatic carbocycles. The summed E-state index contributed by atoms with van der Waals surface area (Å²) in [5, 5.41) is 0. The molecule has 1 atom stereocenters. The number of hydrogen-bond donors (Lipinski definition) is 0. The number of halogens is 1. The van der Waals surface area contributed by atoms with E-state index in [1.165, 1.54) is 6.92 Å². The van der Waals surface area contributed by atoms with Gasteiger partial charge in [0.25, 0.3) is 0 Å². The number of carbonyl (C=O) groups is 2. The Balaban J connectivity index is 3.55. The van der Waals surface area contributed by atoms with Gasteiger partial charge in [-0.3, -0.25) is 4.79 Å². The van der Waals surface area contributed by atoms with E-state index in [4.69, 9.17) is 0 Å². The van der Waals surface area contributed by atoms with Crippen LogP contribution in [0.25, 0.3) is 0 Å². The number of rotatable bonds is 2. The Bertz CT molecular complexity index is 89.7. The Morgan fingerprint density at radius 1 is 1.86 bits per heavy atom. The number of hydrogen-bond acceptors (Lipinski definition) is 2. The molecule has 1 unspecified atom stereocenters. The lowest BCUT2D eigenvalue weighted by Gasteiger charge is -1.87. The Kier molecular flexibility index (Phi) is 2.83. The minimum atomic E-state index is -0.604. The Morgan fingerprint density at radius 3 is 2.29 bits per heavy atom. The van der Waals surface area contributed by atoms with Crippen LogP contribution in [0, 0.1) is 0 Å².